The second-order valence-corrected chi connectivity index (χ2v) is 9.15. The van der Waals surface area contributed by atoms with Crippen molar-refractivity contribution in [3.63, 3.8) is 0 Å². The van der Waals surface area contributed by atoms with Crippen LogP contribution < -0.4 is 9.47 Å². The Kier molecular flexibility index (Phi) is 5.72. The molecule has 2 aliphatic rings. The molecule has 0 saturated carbocycles. The molecular weight excluding hydrogens is 464 g/mol. The van der Waals surface area contributed by atoms with Crippen molar-refractivity contribution in [1.29, 1.82) is 0 Å². The fourth-order valence-electron chi connectivity index (χ4n) is 4.61. The van der Waals surface area contributed by atoms with Gasteiger partial charge in [-0.1, -0.05) is 17.7 Å². The predicted octanol–water partition coefficient (Wildman–Crippen LogP) is 4.64. The molecule has 35 heavy (non-hydrogen) atoms. The lowest BCUT2D eigenvalue weighted by atomic mass is 10.0. The Morgan fingerprint density at radius 2 is 1.83 bits per heavy atom. The molecule has 0 radical (unpaired) electrons. The van der Waals surface area contributed by atoms with Crippen LogP contribution in [0.1, 0.15) is 15.9 Å². The average molecular weight is 487 g/mol. The number of ether oxygens (including phenoxy) is 2. The second-order valence-electron chi connectivity index (χ2n) is 8.71. The molecular formula is C27H23ClN4O3. The van der Waals surface area contributed by atoms with E-state index >= 15 is 0 Å². The lowest BCUT2D eigenvalue weighted by Crippen LogP contribution is -2.48. The van der Waals surface area contributed by atoms with E-state index in [-0.39, 0.29) is 12.7 Å². The van der Waals surface area contributed by atoms with Crippen molar-refractivity contribution in [2.45, 2.75) is 6.54 Å². The van der Waals surface area contributed by atoms with Crippen LogP contribution in [0.3, 0.4) is 0 Å². The van der Waals surface area contributed by atoms with E-state index in [1.165, 1.54) is 5.56 Å². The Labute approximate surface area is 207 Å². The fraction of sp³-hybridized carbons (Fsp3) is 0.222. The van der Waals surface area contributed by atoms with Crippen LogP contribution in [0.2, 0.25) is 5.02 Å². The number of benzene rings is 2. The molecule has 0 unspecified atom stereocenters. The number of hydrogen-bond acceptors (Lipinski definition) is 6. The summed E-state index contributed by atoms with van der Waals surface area (Å²) >= 11 is 6.28. The van der Waals surface area contributed by atoms with Crippen molar-refractivity contribution in [3.8, 4) is 22.8 Å². The Bertz CT molecular complexity index is 1400. The van der Waals surface area contributed by atoms with Crippen molar-refractivity contribution >= 4 is 28.4 Å². The van der Waals surface area contributed by atoms with Crippen molar-refractivity contribution < 1.29 is 14.3 Å². The molecule has 1 amide bonds. The van der Waals surface area contributed by atoms with Gasteiger partial charge in [0.25, 0.3) is 5.91 Å². The molecule has 176 valence electrons. The first-order chi connectivity index (χ1) is 17.1. The zero-order chi connectivity index (χ0) is 23.8. The highest BCUT2D eigenvalue weighted by atomic mass is 35.5. The topological polar surface area (TPSA) is 67.8 Å². The van der Waals surface area contributed by atoms with E-state index in [0.29, 0.717) is 23.7 Å². The number of piperazine rings is 1. The lowest BCUT2D eigenvalue weighted by Gasteiger charge is -2.35. The zero-order valence-corrected chi connectivity index (χ0v) is 19.7. The molecule has 0 bridgehead atoms. The van der Waals surface area contributed by atoms with Gasteiger partial charge in [-0.2, -0.15) is 0 Å². The minimum Gasteiger partial charge on any atom is -0.454 e. The number of aromatic nitrogens is 2. The van der Waals surface area contributed by atoms with Crippen LogP contribution in [0.4, 0.5) is 0 Å². The molecule has 2 aliphatic heterocycles. The van der Waals surface area contributed by atoms with Gasteiger partial charge in [-0.15, -0.1) is 0 Å². The Hall–Kier alpha value is -3.68. The minimum absolute atomic E-state index is 0.00691. The largest absolute Gasteiger partial charge is 0.454 e. The summed E-state index contributed by atoms with van der Waals surface area (Å²) in [7, 11) is 0. The summed E-state index contributed by atoms with van der Waals surface area (Å²) in [6, 6.07) is 17.2. The number of halogens is 1. The number of carbonyl (C=O) groups is 1. The molecule has 0 N–H and O–H groups in total. The number of nitrogens with zero attached hydrogens (tertiary/aromatic N) is 4. The summed E-state index contributed by atoms with van der Waals surface area (Å²) in [5, 5.41) is 1.34. The van der Waals surface area contributed by atoms with E-state index in [1.807, 2.05) is 47.4 Å². The first kappa shape index (κ1) is 21.8. The fourth-order valence-corrected chi connectivity index (χ4v) is 4.79. The van der Waals surface area contributed by atoms with Crippen LogP contribution in [0.15, 0.2) is 67.0 Å². The maximum Gasteiger partial charge on any atom is 0.254 e. The van der Waals surface area contributed by atoms with Gasteiger partial charge >= 0.3 is 0 Å². The van der Waals surface area contributed by atoms with E-state index in [0.717, 1.165) is 53.3 Å². The van der Waals surface area contributed by atoms with Crippen molar-refractivity contribution in [1.82, 2.24) is 19.8 Å². The molecule has 0 aliphatic carbocycles. The third kappa shape index (κ3) is 4.40. The molecule has 0 atom stereocenters. The molecule has 4 heterocycles. The summed E-state index contributed by atoms with van der Waals surface area (Å²) in [6.45, 7) is 3.96. The van der Waals surface area contributed by atoms with Gasteiger partial charge in [-0.3, -0.25) is 14.7 Å². The van der Waals surface area contributed by atoms with Gasteiger partial charge in [0.2, 0.25) is 6.79 Å². The molecule has 7 nitrogen and oxygen atoms in total. The molecule has 4 aromatic rings. The van der Waals surface area contributed by atoms with E-state index < -0.39 is 0 Å². The van der Waals surface area contributed by atoms with Gasteiger partial charge in [-0.05, 0) is 54.1 Å². The maximum atomic E-state index is 13.7. The lowest BCUT2D eigenvalue weighted by molar-refractivity contribution is 0.0630. The van der Waals surface area contributed by atoms with E-state index in [4.69, 9.17) is 26.1 Å². The Morgan fingerprint density at radius 1 is 0.971 bits per heavy atom. The summed E-state index contributed by atoms with van der Waals surface area (Å²) in [5.41, 5.74) is 4.11. The number of pyridine rings is 2. The number of fused-ring (bicyclic) bond motifs is 2. The van der Waals surface area contributed by atoms with Gasteiger partial charge in [0.05, 0.1) is 16.8 Å². The van der Waals surface area contributed by atoms with Crippen LogP contribution in [-0.4, -0.2) is 58.6 Å². The summed E-state index contributed by atoms with van der Waals surface area (Å²) in [6.07, 6.45) is 3.48. The Morgan fingerprint density at radius 3 is 2.66 bits per heavy atom. The monoisotopic (exact) mass is 486 g/mol. The first-order valence-electron chi connectivity index (χ1n) is 11.5. The van der Waals surface area contributed by atoms with Crippen molar-refractivity contribution in [2.24, 2.45) is 0 Å². The highest BCUT2D eigenvalue weighted by Crippen LogP contribution is 2.33. The standard InChI is InChI=1S/C27H23ClN4O3/c28-20-4-5-23-21(13-20)22(14-24(30-23)19-2-1-7-29-15-19)27(33)32-10-8-31(9-11-32)16-18-3-6-25-26(12-18)35-17-34-25/h1-7,12-15H,8-11,16-17H2. The maximum absolute atomic E-state index is 13.7. The van der Waals surface area contributed by atoms with Gasteiger partial charge in [0, 0.05) is 61.1 Å². The predicted molar refractivity (Wildman–Crippen MR) is 134 cm³/mol. The van der Waals surface area contributed by atoms with E-state index in [1.54, 1.807) is 18.5 Å². The van der Waals surface area contributed by atoms with Gasteiger partial charge < -0.3 is 14.4 Å². The number of rotatable bonds is 4. The van der Waals surface area contributed by atoms with Crippen molar-refractivity contribution in [2.75, 3.05) is 33.0 Å². The number of amides is 1. The van der Waals surface area contributed by atoms with Crippen LogP contribution >= 0.6 is 11.6 Å². The van der Waals surface area contributed by atoms with Crippen LogP contribution in [-0.2, 0) is 6.54 Å². The van der Waals surface area contributed by atoms with Gasteiger partial charge in [-0.25, -0.2) is 4.98 Å². The van der Waals surface area contributed by atoms with E-state index in [9.17, 15) is 4.79 Å². The molecule has 1 fully saturated rings. The number of hydrogen-bond donors (Lipinski definition) is 0. The van der Waals surface area contributed by atoms with Crippen LogP contribution in [0.25, 0.3) is 22.2 Å². The summed E-state index contributed by atoms with van der Waals surface area (Å²) in [4.78, 5) is 26.9. The summed E-state index contributed by atoms with van der Waals surface area (Å²) < 4.78 is 10.9. The third-order valence-corrected chi connectivity index (χ3v) is 6.70. The molecule has 2 aromatic heterocycles. The summed E-state index contributed by atoms with van der Waals surface area (Å²) in [5.74, 6) is 1.58. The first-order valence-corrected chi connectivity index (χ1v) is 11.9. The van der Waals surface area contributed by atoms with Crippen molar-refractivity contribution in [3.05, 3.63) is 83.1 Å². The molecule has 8 heteroatoms. The second kappa shape index (κ2) is 9.17. The molecule has 1 saturated heterocycles. The Balaban J connectivity index is 1.22. The molecule has 0 spiro atoms. The van der Waals surface area contributed by atoms with E-state index in [2.05, 4.69) is 16.0 Å². The van der Waals surface area contributed by atoms with Crippen LogP contribution in [0, 0.1) is 0 Å². The highest BCUT2D eigenvalue weighted by molar-refractivity contribution is 6.31. The average Bonchev–Trinajstić information content (AvgIpc) is 3.37. The van der Waals surface area contributed by atoms with Gasteiger partial charge in [0.15, 0.2) is 11.5 Å². The molecule has 2 aromatic carbocycles. The third-order valence-electron chi connectivity index (χ3n) is 6.46. The zero-order valence-electron chi connectivity index (χ0n) is 19.0. The normalized spacial score (nSPS) is 15.5. The number of carbonyl (C=O) groups excluding carboxylic acids is 1. The smallest absolute Gasteiger partial charge is 0.254 e. The highest BCUT2D eigenvalue weighted by Gasteiger charge is 2.25. The quantitative estimate of drug-likeness (QED) is 0.419. The minimum atomic E-state index is -0.00691. The SMILES string of the molecule is O=C(c1cc(-c2cccnc2)nc2ccc(Cl)cc12)N1CCN(Cc2ccc3c(c2)OCO3)CC1. The van der Waals surface area contributed by atoms with Crippen LogP contribution in [0.5, 0.6) is 11.5 Å². The molecule has 6 rings (SSSR count). The van der Waals surface area contributed by atoms with Gasteiger partial charge in [0.1, 0.15) is 0 Å².